The molecule has 2 fully saturated rings. The van der Waals surface area contributed by atoms with E-state index in [2.05, 4.69) is 22.5 Å². The Labute approximate surface area is 205 Å². The molecule has 2 aromatic carbocycles. The number of nitrogens with zero attached hydrogens (tertiary/aromatic N) is 1. The van der Waals surface area contributed by atoms with Gasteiger partial charge in [0.1, 0.15) is 17.5 Å². The first kappa shape index (κ1) is 23.8. The van der Waals surface area contributed by atoms with Gasteiger partial charge in [0.05, 0.1) is 12.5 Å². The first-order chi connectivity index (χ1) is 16.5. The summed E-state index contributed by atoms with van der Waals surface area (Å²) in [4.78, 5) is 27.8. The minimum absolute atomic E-state index is 0.00717. The molecule has 0 radical (unpaired) electrons. The van der Waals surface area contributed by atoms with E-state index in [1.165, 1.54) is 0 Å². The number of rotatable bonds is 7. The lowest BCUT2D eigenvalue weighted by atomic mass is 9.85. The molecule has 7 nitrogen and oxygen atoms in total. The zero-order valence-corrected chi connectivity index (χ0v) is 19.9. The number of benzene rings is 2. The Morgan fingerprint density at radius 2 is 1.82 bits per heavy atom. The van der Waals surface area contributed by atoms with Gasteiger partial charge in [-0.25, -0.2) is 0 Å². The summed E-state index contributed by atoms with van der Waals surface area (Å²) in [6.45, 7) is 4.23. The topological polar surface area (TPSA) is 82.7 Å². The standard InChI is InChI=1S/C26H30N4O3S/c1-2-16-27-26(34)30-22-11-7-6-10-21(22)29-25(32)23(30)17-24(31)28-18-12-14-20(15-13-18)33-19-8-4-3-5-9-19/h2-5,8-9,12-15,21-23H,1,6-7,10-11,16-17H2,(H,27,34)(H,28,31)(H,29,32)/t21-,22-,23+/m1/s1. The fraction of sp³-hybridized carbons (Fsp3) is 0.346. The van der Waals surface area contributed by atoms with Gasteiger partial charge in [0.25, 0.3) is 0 Å². The van der Waals surface area contributed by atoms with Gasteiger partial charge >= 0.3 is 0 Å². The van der Waals surface area contributed by atoms with Crippen LogP contribution in [0.15, 0.2) is 67.3 Å². The summed E-state index contributed by atoms with van der Waals surface area (Å²) in [5, 5.41) is 9.66. The molecule has 1 saturated heterocycles. The van der Waals surface area contributed by atoms with Crippen LogP contribution in [-0.2, 0) is 9.59 Å². The number of ether oxygens (including phenoxy) is 1. The smallest absolute Gasteiger partial charge is 0.243 e. The SMILES string of the molecule is C=CCNC(=S)N1[C@@H]2CCCC[C@H]2NC(=O)[C@@H]1CC(=O)Nc1ccc(Oc2ccccc2)cc1. The summed E-state index contributed by atoms with van der Waals surface area (Å²) in [7, 11) is 0. The fourth-order valence-electron chi connectivity index (χ4n) is 4.60. The van der Waals surface area contributed by atoms with Crippen molar-refractivity contribution in [3.63, 3.8) is 0 Å². The molecular weight excluding hydrogens is 448 g/mol. The second-order valence-corrected chi connectivity index (χ2v) is 8.94. The Kier molecular flexibility index (Phi) is 7.80. The fourth-order valence-corrected chi connectivity index (χ4v) is 4.95. The molecule has 0 spiro atoms. The van der Waals surface area contributed by atoms with Gasteiger partial charge in [-0.3, -0.25) is 9.59 Å². The third-order valence-electron chi connectivity index (χ3n) is 6.18. The predicted octanol–water partition coefficient (Wildman–Crippen LogP) is 3.98. The van der Waals surface area contributed by atoms with Crippen molar-refractivity contribution in [1.82, 2.24) is 15.5 Å². The number of carbonyl (C=O) groups excluding carboxylic acids is 2. The summed E-state index contributed by atoms with van der Waals surface area (Å²) in [5.74, 6) is 1.00. The maximum Gasteiger partial charge on any atom is 0.243 e. The van der Waals surface area contributed by atoms with Crippen molar-refractivity contribution < 1.29 is 14.3 Å². The predicted molar refractivity (Wildman–Crippen MR) is 137 cm³/mol. The van der Waals surface area contributed by atoms with Crippen molar-refractivity contribution in [1.29, 1.82) is 0 Å². The van der Waals surface area contributed by atoms with Crippen molar-refractivity contribution in [2.24, 2.45) is 0 Å². The van der Waals surface area contributed by atoms with E-state index >= 15 is 0 Å². The summed E-state index contributed by atoms with van der Waals surface area (Å²) >= 11 is 5.63. The third-order valence-corrected chi connectivity index (χ3v) is 6.54. The number of hydrogen-bond acceptors (Lipinski definition) is 4. The summed E-state index contributed by atoms with van der Waals surface area (Å²) < 4.78 is 5.80. The average molecular weight is 479 g/mol. The lowest BCUT2D eigenvalue weighted by Gasteiger charge is -2.49. The Morgan fingerprint density at radius 3 is 2.56 bits per heavy atom. The summed E-state index contributed by atoms with van der Waals surface area (Å²) in [6, 6.07) is 16.1. The summed E-state index contributed by atoms with van der Waals surface area (Å²) in [6.07, 6.45) is 5.75. The number of piperazine rings is 1. The van der Waals surface area contributed by atoms with Crippen molar-refractivity contribution in [3.05, 3.63) is 67.3 Å². The van der Waals surface area contributed by atoms with Gasteiger partial charge in [0.15, 0.2) is 5.11 Å². The van der Waals surface area contributed by atoms with Crippen molar-refractivity contribution in [2.75, 3.05) is 11.9 Å². The Hall–Kier alpha value is -3.39. The normalized spacial score (nSPS) is 21.6. The third kappa shape index (κ3) is 5.75. The molecule has 2 aromatic rings. The van der Waals surface area contributed by atoms with Crippen molar-refractivity contribution >= 4 is 34.8 Å². The molecule has 0 bridgehead atoms. The van der Waals surface area contributed by atoms with Gasteiger partial charge in [-0.15, -0.1) is 6.58 Å². The second-order valence-electron chi connectivity index (χ2n) is 8.56. The molecule has 0 unspecified atom stereocenters. The van der Waals surface area contributed by atoms with E-state index in [4.69, 9.17) is 17.0 Å². The summed E-state index contributed by atoms with van der Waals surface area (Å²) in [5.41, 5.74) is 0.635. The van der Waals surface area contributed by atoms with Crippen molar-refractivity contribution in [3.8, 4) is 11.5 Å². The van der Waals surface area contributed by atoms with Crippen LogP contribution in [0.3, 0.4) is 0 Å². The molecule has 8 heteroatoms. The van der Waals surface area contributed by atoms with E-state index in [1.807, 2.05) is 35.2 Å². The first-order valence-electron chi connectivity index (χ1n) is 11.7. The lowest BCUT2D eigenvalue weighted by Crippen LogP contribution is -2.69. The second kappa shape index (κ2) is 11.2. The maximum atomic E-state index is 13.0. The minimum atomic E-state index is -0.662. The first-order valence-corrected chi connectivity index (χ1v) is 12.1. The van der Waals surface area contributed by atoms with Gasteiger partial charge in [0, 0.05) is 18.3 Å². The molecule has 3 atom stereocenters. The molecule has 178 valence electrons. The Morgan fingerprint density at radius 1 is 1.12 bits per heavy atom. The number of thiocarbonyl (C=S) groups is 1. The number of amides is 2. The number of carbonyl (C=O) groups is 2. The molecule has 34 heavy (non-hydrogen) atoms. The highest BCUT2D eigenvalue weighted by Gasteiger charge is 2.44. The molecule has 3 N–H and O–H groups in total. The molecule has 1 aliphatic carbocycles. The molecule has 1 heterocycles. The van der Waals surface area contributed by atoms with Gasteiger partial charge < -0.3 is 25.6 Å². The highest BCUT2D eigenvalue weighted by Crippen LogP contribution is 2.30. The quantitative estimate of drug-likeness (QED) is 0.413. The van der Waals surface area contributed by atoms with Crippen LogP contribution in [0.1, 0.15) is 32.1 Å². The number of hydrogen-bond donors (Lipinski definition) is 3. The van der Waals surface area contributed by atoms with Crippen LogP contribution < -0.4 is 20.7 Å². The highest BCUT2D eigenvalue weighted by atomic mass is 32.1. The zero-order valence-electron chi connectivity index (χ0n) is 19.0. The number of nitrogens with one attached hydrogen (secondary N) is 3. The van der Waals surface area contributed by atoms with Gasteiger partial charge in [-0.2, -0.15) is 0 Å². The van der Waals surface area contributed by atoms with Crippen LogP contribution in [0, 0.1) is 0 Å². The molecule has 1 aliphatic heterocycles. The van der Waals surface area contributed by atoms with Crippen LogP contribution in [0.4, 0.5) is 5.69 Å². The lowest BCUT2D eigenvalue weighted by molar-refractivity contribution is -0.134. The molecular formula is C26H30N4O3S. The average Bonchev–Trinajstić information content (AvgIpc) is 2.85. The van der Waals surface area contributed by atoms with Gasteiger partial charge in [0.2, 0.25) is 11.8 Å². The molecule has 2 amide bonds. The monoisotopic (exact) mass is 478 g/mol. The molecule has 0 aromatic heterocycles. The zero-order chi connectivity index (χ0) is 23.9. The van der Waals surface area contributed by atoms with Crippen LogP contribution in [-0.4, -0.2) is 46.5 Å². The van der Waals surface area contributed by atoms with Crippen LogP contribution in [0.25, 0.3) is 0 Å². The Bertz CT molecular complexity index is 1030. The van der Waals surface area contributed by atoms with E-state index in [0.717, 1.165) is 31.4 Å². The molecule has 2 aliphatic rings. The molecule has 1 saturated carbocycles. The van der Waals surface area contributed by atoms with Crippen molar-refractivity contribution in [2.45, 2.75) is 50.2 Å². The number of anilines is 1. The number of fused-ring (bicyclic) bond motifs is 1. The minimum Gasteiger partial charge on any atom is -0.457 e. The van der Waals surface area contributed by atoms with E-state index < -0.39 is 6.04 Å². The van der Waals surface area contributed by atoms with E-state index in [1.54, 1.807) is 30.3 Å². The Balaban J connectivity index is 1.42. The number of para-hydroxylation sites is 1. The van der Waals surface area contributed by atoms with Crippen LogP contribution in [0.5, 0.6) is 11.5 Å². The van der Waals surface area contributed by atoms with E-state index in [-0.39, 0.29) is 30.3 Å². The van der Waals surface area contributed by atoms with Gasteiger partial charge in [-0.05, 0) is 61.5 Å². The van der Waals surface area contributed by atoms with E-state index in [0.29, 0.717) is 23.1 Å². The molecule has 4 rings (SSSR count). The van der Waals surface area contributed by atoms with E-state index in [9.17, 15) is 9.59 Å². The highest BCUT2D eigenvalue weighted by molar-refractivity contribution is 7.80. The van der Waals surface area contributed by atoms with Gasteiger partial charge in [-0.1, -0.05) is 37.1 Å². The maximum absolute atomic E-state index is 13.0. The van der Waals surface area contributed by atoms with Crippen LogP contribution >= 0.6 is 12.2 Å². The largest absolute Gasteiger partial charge is 0.457 e. The van der Waals surface area contributed by atoms with Crippen LogP contribution in [0.2, 0.25) is 0 Å².